The number of hydrogen-bond acceptors (Lipinski definition) is 8. The van der Waals surface area contributed by atoms with Crippen LogP contribution in [0.15, 0.2) is 33.1 Å². The molecule has 0 radical (unpaired) electrons. The monoisotopic (exact) mass is 362 g/mol. The lowest BCUT2D eigenvalue weighted by atomic mass is 10.00. The lowest BCUT2D eigenvalue weighted by molar-refractivity contribution is -0.121. The number of fused-ring (bicyclic) bond motifs is 1. The first kappa shape index (κ1) is 15.2. The number of amides is 1. The van der Waals surface area contributed by atoms with Gasteiger partial charge in [-0.15, -0.1) is 21.5 Å². The van der Waals surface area contributed by atoms with Crippen LogP contribution in [-0.2, 0) is 18.4 Å². The Morgan fingerprint density at radius 2 is 2.38 bits per heavy atom. The van der Waals surface area contributed by atoms with Gasteiger partial charge in [0.15, 0.2) is 15.4 Å². The quantitative estimate of drug-likeness (QED) is 0.730. The van der Waals surface area contributed by atoms with E-state index >= 15 is 0 Å². The molecular formula is C14H14N6O2S2. The molecule has 0 bridgehead atoms. The van der Waals surface area contributed by atoms with Gasteiger partial charge in [-0.05, 0) is 23.9 Å². The van der Waals surface area contributed by atoms with Crippen molar-refractivity contribution in [2.75, 3.05) is 5.73 Å². The number of nitrogens with two attached hydrogens (primary N) is 1. The molecule has 1 atom stereocenters. The first-order valence-corrected chi connectivity index (χ1v) is 8.87. The summed E-state index contributed by atoms with van der Waals surface area (Å²) in [4.78, 5) is 17.3. The summed E-state index contributed by atoms with van der Waals surface area (Å²) < 4.78 is 7.77. The number of nitrogens with zero attached hydrogens (tertiary/aromatic N) is 4. The Bertz CT molecular complexity index is 899. The summed E-state index contributed by atoms with van der Waals surface area (Å²) in [5, 5.41) is 12.7. The second-order valence-electron chi connectivity index (χ2n) is 5.38. The molecule has 1 aliphatic rings. The molecule has 0 spiro atoms. The van der Waals surface area contributed by atoms with Crippen LogP contribution in [0.25, 0.3) is 0 Å². The third kappa shape index (κ3) is 2.78. The molecule has 1 unspecified atom stereocenters. The standard InChI is InChI=1S/C14H14N6O2S2/c1-20-6-17-19-14(20)23-11-3-2-9(22-11)7-4-10(21)16-5-8-12(7)24-13(15)18-8/h2-3,6-7H,4-5H2,1H3,(H2,15,18)(H,16,21). The number of thiazole rings is 1. The van der Waals surface area contributed by atoms with Gasteiger partial charge in [0.1, 0.15) is 12.1 Å². The van der Waals surface area contributed by atoms with Gasteiger partial charge in [0.25, 0.3) is 0 Å². The Balaban J connectivity index is 1.65. The van der Waals surface area contributed by atoms with E-state index in [9.17, 15) is 4.79 Å². The van der Waals surface area contributed by atoms with E-state index < -0.39 is 0 Å². The van der Waals surface area contributed by atoms with Crippen LogP contribution >= 0.6 is 23.1 Å². The fourth-order valence-corrected chi connectivity index (χ4v) is 4.27. The summed E-state index contributed by atoms with van der Waals surface area (Å²) in [6.45, 7) is 0.402. The Hall–Kier alpha value is -2.33. The van der Waals surface area contributed by atoms with E-state index in [4.69, 9.17) is 10.2 Å². The van der Waals surface area contributed by atoms with Crippen LogP contribution in [0, 0.1) is 0 Å². The number of aryl methyl sites for hydroxylation is 1. The highest BCUT2D eigenvalue weighted by molar-refractivity contribution is 7.99. The van der Waals surface area contributed by atoms with E-state index in [1.165, 1.54) is 23.1 Å². The minimum absolute atomic E-state index is 0.0253. The van der Waals surface area contributed by atoms with Gasteiger partial charge in [-0.25, -0.2) is 4.98 Å². The Kier molecular flexibility index (Phi) is 3.77. The summed E-state index contributed by atoms with van der Waals surface area (Å²) in [5.41, 5.74) is 6.65. The van der Waals surface area contributed by atoms with Crippen LogP contribution in [0.3, 0.4) is 0 Å². The highest BCUT2D eigenvalue weighted by Gasteiger charge is 2.30. The number of furan rings is 1. The number of anilines is 1. The smallest absolute Gasteiger partial charge is 0.221 e. The number of hydrogen-bond donors (Lipinski definition) is 2. The minimum Gasteiger partial charge on any atom is -0.454 e. The van der Waals surface area contributed by atoms with Crippen molar-refractivity contribution in [3.05, 3.63) is 34.8 Å². The number of nitrogens with one attached hydrogen (secondary N) is 1. The predicted octanol–water partition coefficient (Wildman–Crippen LogP) is 1.75. The SMILES string of the molecule is Cn1cnnc1Sc1ccc(C2CC(=O)NCc3nc(N)sc32)o1. The Morgan fingerprint density at radius 1 is 1.50 bits per heavy atom. The maximum Gasteiger partial charge on any atom is 0.221 e. The van der Waals surface area contributed by atoms with E-state index in [-0.39, 0.29) is 11.8 Å². The summed E-state index contributed by atoms with van der Waals surface area (Å²) in [7, 11) is 1.87. The molecular weight excluding hydrogens is 348 g/mol. The summed E-state index contributed by atoms with van der Waals surface area (Å²) in [6, 6.07) is 3.77. The van der Waals surface area contributed by atoms with Crippen molar-refractivity contribution in [2.45, 2.75) is 29.1 Å². The zero-order chi connectivity index (χ0) is 16.7. The van der Waals surface area contributed by atoms with Gasteiger partial charge in [-0.3, -0.25) is 4.79 Å². The molecule has 124 valence electrons. The average molecular weight is 362 g/mol. The summed E-state index contributed by atoms with van der Waals surface area (Å²) in [6.07, 6.45) is 1.95. The second-order valence-corrected chi connectivity index (χ2v) is 7.41. The topological polar surface area (TPSA) is 112 Å². The van der Waals surface area contributed by atoms with E-state index in [2.05, 4.69) is 20.5 Å². The van der Waals surface area contributed by atoms with Crippen molar-refractivity contribution in [2.24, 2.45) is 7.05 Å². The maximum absolute atomic E-state index is 12.0. The molecule has 3 N–H and O–H groups in total. The summed E-state index contributed by atoms with van der Waals surface area (Å²) >= 11 is 2.79. The molecule has 1 aliphatic heterocycles. The van der Waals surface area contributed by atoms with Crippen molar-refractivity contribution < 1.29 is 9.21 Å². The van der Waals surface area contributed by atoms with Crippen LogP contribution in [0.1, 0.15) is 28.7 Å². The van der Waals surface area contributed by atoms with E-state index in [0.29, 0.717) is 23.2 Å². The predicted molar refractivity (Wildman–Crippen MR) is 88.7 cm³/mol. The number of rotatable bonds is 3. The molecule has 3 aromatic rings. The van der Waals surface area contributed by atoms with Gasteiger partial charge in [-0.1, -0.05) is 0 Å². The fourth-order valence-electron chi connectivity index (χ4n) is 2.58. The molecule has 0 saturated carbocycles. The molecule has 0 saturated heterocycles. The Morgan fingerprint density at radius 3 is 3.17 bits per heavy atom. The van der Waals surface area contributed by atoms with Crippen LogP contribution in [0.2, 0.25) is 0 Å². The zero-order valence-corrected chi connectivity index (χ0v) is 14.4. The van der Waals surface area contributed by atoms with Gasteiger partial charge in [0, 0.05) is 18.3 Å². The normalized spacial score (nSPS) is 17.4. The molecule has 24 heavy (non-hydrogen) atoms. The van der Waals surface area contributed by atoms with Gasteiger partial charge in [-0.2, -0.15) is 0 Å². The Labute approximate surface area is 145 Å². The molecule has 4 rings (SSSR count). The lowest BCUT2D eigenvalue weighted by Crippen LogP contribution is -2.21. The van der Waals surface area contributed by atoms with Gasteiger partial charge in [0.05, 0.1) is 18.2 Å². The largest absolute Gasteiger partial charge is 0.454 e. The maximum atomic E-state index is 12.0. The van der Waals surface area contributed by atoms with Gasteiger partial charge >= 0.3 is 0 Å². The highest BCUT2D eigenvalue weighted by Crippen LogP contribution is 2.39. The van der Waals surface area contributed by atoms with E-state index in [0.717, 1.165) is 21.5 Å². The average Bonchev–Trinajstić information content (AvgIpc) is 3.23. The van der Waals surface area contributed by atoms with Crippen molar-refractivity contribution in [1.29, 1.82) is 0 Å². The molecule has 0 aromatic carbocycles. The third-order valence-corrected chi connectivity index (χ3v) is 5.72. The summed E-state index contributed by atoms with van der Waals surface area (Å²) in [5.74, 6) is 0.524. The molecule has 3 aromatic heterocycles. The van der Waals surface area contributed by atoms with Crippen molar-refractivity contribution in [1.82, 2.24) is 25.1 Å². The fraction of sp³-hybridized carbons (Fsp3) is 0.286. The molecule has 8 nitrogen and oxygen atoms in total. The number of nitrogen functional groups attached to an aromatic ring is 1. The molecule has 10 heteroatoms. The number of carbonyl (C=O) groups excluding carboxylic acids is 1. The zero-order valence-electron chi connectivity index (χ0n) is 12.7. The van der Waals surface area contributed by atoms with Crippen molar-refractivity contribution >= 4 is 34.1 Å². The molecule has 0 aliphatic carbocycles. The van der Waals surface area contributed by atoms with Crippen LogP contribution in [0.5, 0.6) is 0 Å². The molecule has 0 fully saturated rings. The highest BCUT2D eigenvalue weighted by atomic mass is 32.2. The number of aromatic nitrogens is 4. The first-order chi connectivity index (χ1) is 11.6. The van der Waals surface area contributed by atoms with Gasteiger partial charge in [0.2, 0.25) is 5.91 Å². The second kappa shape index (κ2) is 5.95. The van der Waals surface area contributed by atoms with Crippen LogP contribution in [-0.4, -0.2) is 25.7 Å². The third-order valence-electron chi connectivity index (χ3n) is 3.71. The first-order valence-electron chi connectivity index (χ1n) is 7.23. The van der Waals surface area contributed by atoms with Crippen LogP contribution in [0.4, 0.5) is 5.13 Å². The minimum atomic E-state index is -0.175. The van der Waals surface area contributed by atoms with E-state index in [1.54, 1.807) is 6.33 Å². The van der Waals surface area contributed by atoms with Crippen molar-refractivity contribution in [3.8, 4) is 0 Å². The van der Waals surface area contributed by atoms with Crippen molar-refractivity contribution in [3.63, 3.8) is 0 Å². The van der Waals surface area contributed by atoms with E-state index in [1.807, 2.05) is 23.7 Å². The molecule has 1 amide bonds. The van der Waals surface area contributed by atoms with Crippen LogP contribution < -0.4 is 11.1 Å². The van der Waals surface area contributed by atoms with Gasteiger partial charge < -0.3 is 20.0 Å². The lowest BCUT2D eigenvalue weighted by Gasteiger charge is -2.09. The molecule has 4 heterocycles. The number of carbonyl (C=O) groups is 1.